The molecule has 3 aliphatic rings. The molecule has 1 spiro atoms. The van der Waals surface area contributed by atoms with Gasteiger partial charge in [-0.2, -0.15) is 0 Å². The van der Waals surface area contributed by atoms with E-state index in [4.69, 9.17) is 4.74 Å². The van der Waals surface area contributed by atoms with Crippen LogP contribution in [0.15, 0.2) is 24.3 Å². The van der Waals surface area contributed by atoms with Crippen molar-refractivity contribution in [3.8, 4) is 5.75 Å². The molecule has 7 nitrogen and oxygen atoms in total. The van der Waals surface area contributed by atoms with E-state index in [1.807, 2.05) is 18.2 Å². The number of fused-ring (bicyclic) bond motifs is 2. The third-order valence-electron chi connectivity index (χ3n) is 5.37. The van der Waals surface area contributed by atoms with Crippen LogP contribution in [0.3, 0.4) is 0 Å². The first kappa shape index (κ1) is 16.4. The topological polar surface area (TPSA) is 92.8 Å². The fourth-order valence-electron chi connectivity index (χ4n) is 3.92. The average Bonchev–Trinajstić information content (AvgIpc) is 2.82. The summed E-state index contributed by atoms with van der Waals surface area (Å²) in [5.41, 5.74) is -0.375. The summed E-state index contributed by atoms with van der Waals surface area (Å²) < 4.78 is 28.7. The molecule has 1 atom stereocenters. The molecular weight excluding hydrogens is 344 g/mol. The highest BCUT2D eigenvalue weighted by Gasteiger charge is 2.55. The molecule has 0 aliphatic carbocycles. The van der Waals surface area contributed by atoms with Crippen LogP contribution >= 0.6 is 0 Å². The number of para-hydroxylation sites is 1. The molecule has 0 radical (unpaired) electrons. The van der Waals surface area contributed by atoms with Crippen molar-refractivity contribution in [3.05, 3.63) is 29.8 Å². The number of imide groups is 1. The van der Waals surface area contributed by atoms with Gasteiger partial charge in [-0.1, -0.05) is 18.2 Å². The van der Waals surface area contributed by atoms with Crippen molar-refractivity contribution in [1.82, 2.24) is 10.2 Å². The van der Waals surface area contributed by atoms with Crippen molar-refractivity contribution >= 4 is 21.8 Å². The fourth-order valence-corrected chi connectivity index (χ4v) is 5.51. The summed E-state index contributed by atoms with van der Waals surface area (Å²) in [6.45, 7) is 0.628. The van der Waals surface area contributed by atoms with Gasteiger partial charge in [0.25, 0.3) is 5.91 Å². The van der Waals surface area contributed by atoms with Gasteiger partial charge in [0.2, 0.25) is 0 Å². The van der Waals surface area contributed by atoms with E-state index in [-0.39, 0.29) is 29.9 Å². The summed E-state index contributed by atoms with van der Waals surface area (Å²) in [5.74, 6) is 0.643. The van der Waals surface area contributed by atoms with E-state index in [1.54, 1.807) is 6.07 Å². The summed E-state index contributed by atoms with van der Waals surface area (Å²) >= 11 is 0. The Morgan fingerprint density at radius 3 is 2.68 bits per heavy atom. The largest absolute Gasteiger partial charge is 0.493 e. The third kappa shape index (κ3) is 2.68. The fraction of sp³-hybridized carbons (Fsp3) is 0.529. The Kier molecular flexibility index (Phi) is 3.75. The maximum absolute atomic E-state index is 13.1. The summed E-state index contributed by atoms with van der Waals surface area (Å²) in [4.78, 5) is 26.9. The zero-order valence-electron chi connectivity index (χ0n) is 13.7. The van der Waals surface area contributed by atoms with E-state index in [0.717, 1.165) is 0 Å². The van der Waals surface area contributed by atoms with E-state index in [1.165, 1.54) is 4.90 Å². The standard InChI is InChI=1S/C17H20N2O5S/c20-15-17(7-8-24-14-4-2-1-3-13(14)17)18-16(21)19(15)11-12-5-9-25(22,23)10-6-12/h1-4,12H,5-11H2,(H,18,21). The number of benzene rings is 1. The molecule has 1 unspecified atom stereocenters. The van der Waals surface area contributed by atoms with Crippen LogP contribution in [-0.4, -0.2) is 49.9 Å². The van der Waals surface area contributed by atoms with Crippen LogP contribution in [-0.2, 0) is 20.2 Å². The Bertz CT molecular complexity index is 823. The molecule has 0 aromatic heterocycles. The van der Waals surface area contributed by atoms with E-state index in [2.05, 4.69) is 5.32 Å². The Balaban J connectivity index is 1.58. The molecule has 2 saturated heterocycles. The van der Waals surface area contributed by atoms with Gasteiger partial charge in [-0.05, 0) is 24.8 Å². The first-order chi connectivity index (χ1) is 11.9. The second kappa shape index (κ2) is 5.72. The van der Waals surface area contributed by atoms with Gasteiger partial charge in [-0.15, -0.1) is 0 Å². The minimum Gasteiger partial charge on any atom is -0.493 e. The van der Waals surface area contributed by atoms with Gasteiger partial charge in [-0.25, -0.2) is 13.2 Å². The van der Waals surface area contributed by atoms with E-state index < -0.39 is 21.4 Å². The lowest BCUT2D eigenvalue weighted by Crippen LogP contribution is -2.47. The molecule has 3 heterocycles. The van der Waals surface area contributed by atoms with E-state index in [9.17, 15) is 18.0 Å². The highest BCUT2D eigenvalue weighted by Crippen LogP contribution is 2.41. The third-order valence-corrected chi connectivity index (χ3v) is 7.09. The quantitative estimate of drug-likeness (QED) is 0.792. The predicted molar refractivity (Wildman–Crippen MR) is 89.9 cm³/mol. The van der Waals surface area contributed by atoms with Gasteiger partial charge in [0, 0.05) is 18.5 Å². The van der Waals surface area contributed by atoms with Gasteiger partial charge in [0.15, 0.2) is 5.54 Å². The van der Waals surface area contributed by atoms with Crippen LogP contribution in [0.5, 0.6) is 5.75 Å². The number of carbonyl (C=O) groups is 2. The molecule has 0 bridgehead atoms. The predicted octanol–water partition coefficient (Wildman–Crippen LogP) is 1.04. The first-order valence-electron chi connectivity index (χ1n) is 8.48. The molecular formula is C17H20N2O5S. The van der Waals surface area contributed by atoms with Gasteiger partial charge >= 0.3 is 6.03 Å². The molecule has 1 aromatic carbocycles. The Labute approximate surface area is 146 Å². The lowest BCUT2D eigenvalue weighted by Gasteiger charge is -2.33. The molecule has 4 rings (SSSR count). The highest BCUT2D eigenvalue weighted by atomic mass is 32.2. The van der Waals surface area contributed by atoms with Crippen LogP contribution in [0.2, 0.25) is 0 Å². The van der Waals surface area contributed by atoms with Crippen LogP contribution in [0.25, 0.3) is 0 Å². The first-order valence-corrected chi connectivity index (χ1v) is 10.3. The lowest BCUT2D eigenvalue weighted by atomic mass is 9.84. The normalized spacial score (nSPS) is 28.6. The number of amides is 3. The molecule has 134 valence electrons. The zero-order valence-corrected chi connectivity index (χ0v) is 14.5. The van der Waals surface area contributed by atoms with Gasteiger partial charge in [0.1, 0.15) is 15.6 Å². The lowest BCUT2D eigenvalue weighted by molar-refractivity contribution is -0.133. The van der Waals surface area contributed by atoms with Crippen molar-refractivity contribution in [1.29, 1.82) is 0 Å². The molecule has 1 aromatic rings. The van der Waals surface area contributed by atoms with Crippen LogP contribution in [0.1, 0.15) is 24.8 Å². The van der Waals surface area contributed by atoms with Crippen molar-refractivity contribution in [2.24, 2.45) is 5.92 Å². The molecule has 3 amide bonds. The summed E-state index contributed by atoms with van der Waals surface area (Å²) in [5, 5.41) is 2.87. The smallest absolute Gasteiger partial charge is 0.325 e. The van der Waals surface area contributed by atoms with Gasteiger partial charge in [0.05, 0.1) is 18.1 Å². The van der Waals surface area contributed by atoms with E-state index >= 15 is 0 Å². The maximum Gasteiger partial charge on any atom is 0.325 e. The summed E-state index contributed by atoms with van der Waals surface area (Å²) in [6, 6.07) is 6.85. The van der Waals surface area contributed by atoms with Crippen molar-refractivity contribution in [2.45, 2.75) is 24.8 Å². The number of sulfone groups is 1. The van der Waals surface area contributed by atoms with Gasteiger partial charge in [-0.3, -0.25) is 9.69 Å². The van der Waals surface area contributed by atoms with Crippen molar-refractivity contribution in [3.63, 3.8) is 0 Å². The molecule has 0 saturated carbocycles. The summed E-state index contributed by atoms with van der Waals surface area (Å²) in [7, 11) is -2.96. The number of nitrogens with one attached hydrogen (secondary N) is 1. The summed E-state index contributed by atoms with van der Waals surface area (Å²) in [6.07, 6.45) is 1.38. The van der Waals surface area contributed by atoms with Crippen LogP contribution in [0.4, 0.5) is 4.79 Å². The van der Waals surface area contributed by atoms with Crippen molar-refractivity contribution < 1.29 is 22.7 Å². The Morgan fingerprint density at radius 2 is 1.92 bits per heavy atom. The second-order valence-corrected chi connectivity index (χ2v) is 9.24. The molecule has 1 N–H and O–H groups in total. The SMILES string of the molecule is O=C1NC2(CCOc3ccccc32)C(=O)N1CC1CCS(=O)(=O)CC1. The number of hydrogen-bond donors (Lipinski definition) is 1. The minimum atomic E-state index is -2.96. The number of rotatable bonds is 2. The number of ether oxygens (including phenoxy) is 1. The van der Waals surface area contributed by atoms with E-state index in [0.29, 0.717) is 37.2 Å². The Hall–Kier alpha value is -2.09. The number of nitrogens with zero attached hydrogens (tertiary/aromatic N) is 1. The number of carbonyl (C=O) groups excluding carboxylic acids is 2. The van der Waals surface area contributed by atoms with Crippen LogP contribution in [0, 0.1) is 5.92 Å². The zero-order chi connectivity index (χ0) is 17.7. The highest BCUT2D eigenvalue weighted by molar-refractivity contribution is 7.91. The second-order valence-electron chi connectivity index (χ2n) is 6.94. The molecule has 2 fully saturated rings. The molecule has 25 heavy (non-hydrogen) atoms. The van der Waals surface area contributed by atoms with Crippen molar-refractivity contribution in [2.75, 3.05) is 24.7 Å². The minimum absolute atomic E-state index is 0.0310. The molecule has 8 heteroatoms. The average molecular weight is 364 g/mol. The van der Waals surface area contributed by atoms with Gasteiger partial charge < -0.3 is 10.1 Å². The Morgan fingerprint density at radius 1 is 1.20 bits per heavy atom. The molecule has 3 aliphatic heterocycles. The monoisotopic (exact) mass is 364 g/mol. The van der Waals surface area contributed by atoms with Crippen LogP contribution < -0.4 is 10.1 Å². The number of urea groups is 1. The maximum atomic E-state index is 13.1. The number of hydrogen-bond acceptors (Lipinski definition) is 5.